The van der Waals surface area contributed by atoms with Crippen LogP contribution in [0.4, 0.5) is 11.4 Å². The van der Waals surface area contributed by atoms with E-state index in [0.717, 1.165) is 5.56 Å². The molecule has 0 N–H and O–H groups in total. The highest BCUT2D eigenvalue weighted by molar-refractivity contribution is 6.42. The van der Waals surface area contributed by atoms with Crippen molar-refractivity contribution in [2.45, 2.75) is 31.0 Å². The van der Waals surface area contributed by atoms with Gasteiger partial charge in [-0.25, -0.2) is 4.79 Å². The summed E-state index contributed by atoms with van der Waals surface area (Å²) in [7, 11) is 1.27. The number of fused-ring (bicyclic) bond motifs is 2. The van der Waals surface area contributed by atoms with Crippen LogP contribution in [0.2, 0.25) is 10.0 Å². The molecule has 2 aliphatic heterocycles. The highest BCUT2D eigenvalue weighted by atomic mass is 35.5. The molecule has 0 bridgehead atoms. The molecular weight excluding hydrogens is 599 g/mol. The van der Waals surface area contributed by atoms with Gasteiger partial charge in [0.15, 0.2) is 0 Å². The number of methoxy groups -OCH3 is 1. The van der Waals surface area contributed by atoms with Gasteiger partial charge in [-0.15, -0.1) is 0 Å². The highest BCUT2D eigenvalue weighted by Crippen LogP contribution is 2.62. The highest BCUT2D eigenvalue weighted by Gasteiger charge is 2.73. The molecule has 44 heavy (non-hydrogen) atoms. The number of ether oxygens (including phenoxy) is 2. The van der Waals surface area contributed by atoms with E-state index in [1.54, 1.807) is 30.0 Å². The normalized spacial score (nSPS) is 22.3. The lowest BCUT2D eigenvalue weighted by Gasteiger charge is -2.37. The van der Waals surface area contributed by atoms with Gasteiger partial charge in [0.05, 0.1) is 36.3 Å². The predicted octanol–water partition coefficient (Wildman–Crippen LogP) is 6.76. The van der Waals surface area contributed by atoms with Crippen LogP contribution in [0.5, 0.6) is 0 Å². The van der Waals surface area contributed by atoms with Gasteiger partial charge in [0.2, 0.25) is 5.91 Å². The van der Waals surface area contributed by atoms with Gasteiger partial charge >= 0.3 is 11.9 Å². The molecule has 6 rings (SSSR count). The number of anilines is 2. The molecule has 2 aliphatic rings. The quantitative estimate of drug-likeness (QED) is 0.210. The van der Waals surface area contributed by atoms with Gasteiger partial charge in [0.1, 0.15) is 17.4 Å². The Balaban J connectivity index is 1.70. The van der Waals surface area contributed by atoms with Gasteiger partial charge < -0.3 is 19.3 Å². The average molecular weight is 630 g/mol. The van der Waals surface area contributed by atoms with E-state index < -0.39 is 35.4 Å². The molecule has 0 unspecified atom stereocenters. The SMILES string of the molecule is CCOC(=O)[C@@H]1[C@@H](C(=O)OC)[C@]2(C(=O)N(Cc3ccccc3)c3ccccc32)[C@@H](c2ccc(Cl)c(Cl)c2)N1c1ccccc1. The average Bonchev–Trinajstić information content (AvgIpc) is 3.49. The number of nitrogens with zero attached hydrogens (tertiary/aromatic N) is 2. The van der Waals surface area contributed by atoms with Crippen molar-refractivity contribution in [2.24, 2.45) is 5.92 Å². The Morgan fingerprint density at radius 1 is 0.841 bits per heavy atom. The zero-order chi connectivity index (χ0) is 31.0. The zero-order valence-corrected chi connectivity index (χ0v) is 25.7. The second-order valence-corrected chi connectivity index (χ2v) is 11.6. The van der Waals surface area contributed by atoms with E-state index in [2.05, 4.69) is 0 Å². The Labute approximate surface area is 265 Å². The Morgan fingerprint density at radius 2 is 1.50 bits per heavy atom. The number of hydrogen-bond acceptors (Lipinski definition) is 6. The van der Waals surface area contributed by atoms with E-state index in [4.69, 9.17) is 32.7 Å². The number of amides is 1. The first kappa shape index (κ1) is 29.7. The minimum absolute atomic E-state index is 0.0843. The van der Waals surface area contributed by atoms with Crippen molar-refractivity contribution in [3.63, 3.8) is 0 Å². The Morgan fingerprint density at radius 3 is 2.16 bits per heavy atom. The summed E-state index contributed by atoms with van der Waals surface area (Å²) in [5, 5.41) is 0.616. The van der Waals surface area contributed by atoms with Gasteiger partial charge in [-0.3, -0.25) is 9.59 Å². The molecule has 0 radical (unpaired) electrons. The molecule has 4 aromatic rings. The third kappa shape index (κ3) is 4.62. The molecule has 0 saturated carbocycles. The molecule has 0 aromatic heterocycles. The molecule has 0 aliphatic carbocycles. The fourth-order valence-corrected chi connectivity index (χ4v) is 7.20. The molecule has 4 atom stereocenters. The largest absolute Gasteiger partial charge is 0.469 e. The zero-order valence-electron chi connectivity index (χ0n) is 24.2. The van der Waals surface area contributed by atoms with Crippen molar-refractivity contribution in [1.82, 2.24) is 0 Å². The smallest absolute Gasteiger partial charge is 0.329 e. The third-order valence-corrected chi connectivity index (χ3v) is 9.27. The number of para-hydroxylation sites is 2. The summed E-state index contributed by atoms with van der Waals surface area (Å²) in [6.07, 6.45) is 0. The van der Waals surface area contributed by atoms with E-state index >= 15 is 4.79 Å². The van der Waals surface area contributed by atoms with E-state index in [1.165, 1.54) is 7.11 Å². The van der Waals surface area contributed by atoms with Crippen LogP contribution in [-0.4, -0.2) is 37.6 Å². The van der Waals surface area contributed by atoms with Crippen LogP contribution < -0.4 is 9.80 Å². The maximum atomic E-state index is 15.3. The lowest BCUT2D eigenvalue weighted by Crippen LogP contribution is -2.51. The molecule has 4 aromatic carbocycles. The number of hydrogen-bond donors (Lipinski definition) is 0. The topological polar surface area (TPSA) is 76.2 Å². The molecule has 224 valence electrons. The molecule has 1 spiro atoms. The molecule has 7 nitrogen and oxygen atoms in total. The van der Waals surface area contributed by atoms with E-state index in [-0.39, 0.29) is 24.1 Å². The van der Waals surface area contributed by atoms with Gasteiger partial charge in [-0.2, -0.15) is 0 Å². The monoisotopic (exact) mass is 628 g/mol. The molecular formula is C35H30Cl2N2O5. The summed E-state index contributed by atoms with van der Waals surface area (Å²) in [4.78, 5) is 47.0. The van der Waals surface area contributed by atoms with Gasteiger partial charge in [0.25, 0.3) is 0 Å². The van der Waals surface area contributed by atoms with Crippen LogP contribution in [0.3, 0.4) is 0 Å². The van der Waals surface area contributed by atoms with Crippen LogP contribution in [-0.2, 0) is 35.8 Å². The van der Waals surface area contributed by atoms with Crippen LogP contribution in [0.25, 0.3) is 0 Å². The lowest BCUT2D eigenvalue weighted by atomic mass is 9.65. The summed E-state index contributed by atoms with van der Waals surface area (Å²) in [6.45, 7) is 2.05. The summed E-state index contributed by atoms with van der Waals surface area (Å²) < 4.78 is 11.0. The number of esters is 2. The summed E-state index contributed by atoms with van der Waals surface area (Å²) in [6, 6.07) is 29.3. The summed E-state index contributed by atoms with van der Waals surface area (Å²) in [5.74, 6) is -2.95. The van der Waals surface area contributed by atoms with Crippen molar-refractivity contribution < 1.29 is 23.9 Å². The van der Waals surface area contributed by atoms with E-state index in [0.29, 0.717) is 27.5 Å². The Kier molecular flexibility index (Phi) is 8.10. The van der Waals surface area contributed by atoms with Crippen LogP contribution in [0, 0.1) is 5.92 Å². The molecule has 1 saturated heterocycles. The number of rotatable bonds is 7. The first-order valence-electron chi connectivity index (χ1n) is 14.3. The lowest BCUT2D eigenvalue weighted by molar-refractivity contribution is -0.157. The number of halogens is 2. The van der Waals surface area contributed by atoms with Crippen molar-refractivity contribution in [1.29, 1.82) is 0 Å². The summed E-state index contributed by atoms with van der Waals surface area (Å²) >= 11 is 13.0. The van der Waals surface area contributed by atoms with Crippen molar-refractivity contribution in [3.8, 4) is 0 Å². The molecule has 1 fully saturated rings. The van der Waals surface area contributed by atoms with Crippen LogP contribution in [0.1, 0.15) is 29.7 Å². The second-order valence-electron chi connectivity index (χ2n) is 10.8. The standard InChI is InChI=1S/C35H30Cl2N2O5/c1-3-44-33(41)30-29(32(40)43-2)35(25-16-10-11-17-28(25)38(34(35)42)21-22-12-6-4-7-13-22)31(23-18-19-26(36)27(37)20-23)39(30)24-14-8-5-9-15-24/h4-20,29-31H,3,21H2,1-2H3/t29-,30-,31+,35-/m0/s1. The fraction of sp³-hybridized carbons (Fsp3) is 0.229. The number of carbonyl (C=O) groups is 3. The van der Waals surface area contributed by atoms with Crippen molar-refractivity contribution in [3.05, 3.63) is 130 Å². The van der Waals surface area contributed by atoms with Crippen molar-refractivity contribution in [2.75, 3.05) is 23.5 Å². The molecule has 2 heterocycles. The Bertz CT molecular complexity index is 1720. The molecule has 9 heteroatoms. The number of carbonyl (C=O) groups excluding carboxylic acids is 3. The minimum atomic E-state index is -1.61. The second kappa shape index (κ2) is 12.0. The third-order valence-electron chi connectivity index (χ3n) is 8.54. The number of benzene rings is 4. The van der Waals surface area contributed by atoms with E-state index in [9.17, 15) is 9.59 Å². The van der Waals surface area contributed by atoms with Gasteiger partial charge in [0, 0.05) is 11.4 Å². The fourth-order valence-electron chi connectivity index (χ4n) is 6.89. The molecule has 1 amide bonds. The van der Waals surface area contributed by atoms with Crippen molar-refractivity contribution >= 4 is 52.4 Å². The predicted molar refractivity (Wildman–Crippen MR) is 170 cm³/mol. The maximum Gasteiger partial charge on any atom is 0.329 e. The van der Waals surface area contributed by atoms with Gasteiger partial charge in [-0.1, -0.05) is 96.0 Å². The Hall–Kier alpha value is -4.33. The maximum absolute atomic E-state index is 15.3. The summed E-state index contributed by atoms with van der Waals surface area (Å²) in [5.41, 5.74) is 1.79. The first-order chi connectivity index (χ1) is 21.3. The first-order valence-corrected chi connectivity index (χ1v) is 15.1. The van der Waals surface area contributed by atoms with E-state index in [1.807, 2.05) is 89.8 Å². The van der Waals surface area contributed by atoms with Crippen LogP contribution >= 0.6 is 23.2 Å². The van der Waals surface area contributed by atoms with Gasteiger partial charge in [-0.05, 0) is 53.9 Å². The minimum Gasteiger partial charge on any atom is -0.469 e. The van der Waals surface area contributed by atoms with Crippen LogP contribution in [0.15, 0.2) is 103 Å².